The number of hydrogen-bond donors (Lipinski definition) is 1. The number of benzene rings is 2. The molecule has 1 aromatic heterocycles. The molecule has 32 heavy (non-hydrogen) atoms. The number of carbonyl (C=O) groups is 2. The SMILES string of the molecule is CCOC(=O)c1c(C)[nH]c(CN(Cc2ccccc2)C(=O)COc2ccc(F)cc2)c1C. The third-order valence-corrected chi connectivity index (χ3v) is 5.11. The van der Waals surface area contributed by atoms with E-state index in [9.17, 15) is 14.0 Å². The predicted octanol–water partition coefficient (Wildman–Crippen LogP) is 4.56. The van der Waals surface area contributed by atoms with Crippen molar-refractivity contribution in [3.8, 4) is 5.75 Å². The fourth-order valence-electron chi connectivity index (χ4n) is 3.48. The second-order valence-electron chi connectivity index (χ2n) is 7.43. The highest BCUT2D eigenvalue weighted by Crippen LogP contribution is 2.22. The quantitative estimate of drug-likeness (QED) is 0.498. The van der Waals surface area contributed by atoms with Crippen LogP contribution in [0.1, 0.15) is 39.8 Å². The summed E-state index contributed by atoms with van der Waals surface area (Å²) < 4.78 is 23.8. The van der Waals surface area contributed by atoms with Gasteiger partial charge in [-0.3, -0.25) is 4.79 Å². The molecule has 0 bridgehead atoms. The number of hydrogen-bond acceptors (Lipinski definition) is 4. The highest BCUT2D eigenvalue weighted by Gasteiger charge is 2.23. The molecule has 1 amide bonds. The van der Waals surface area contributed by atoms with Gasteiger partial charge in [0, 0.05) is 17.9 Å². The zero-order chi connectivity index (χ0) is 23.1. The van der Waals surface area contributed by atoms with Crippen LogP contribution < -0.4 is 4.74 Å². The van der Waals surface area contributed by atoms with Gasteiger partial charge < -0.3 is 19.4 Å². The van der Waals surface area contributed by atoms with Crippen LogP contribution in [0.15, 0.2) is 54.6 Å². The van der Waals surface area contributed by atoms with Gasteiger partial charge in [0.15, 0.2) is 6.61 Å². The summed E-state index contributed by atoms with van der Waals surface area (Å²) in [5.74, 6) is -0.576. The Bertz CT molecular complexity index is 1060. The minimum Gasteiger partial charge on any atom is -0.484 e. The number of rotatable bonds is 9. The first-order chi connectivity index (χ1) is 15.4. The Kier molecular flexibility index (Phi) is 7.65. The van der Waals surface area contributed by atoms with Crippen LogP contribution in [0, 0.1) is 19.7 Å². The molecule has 0 fully saturated rings. The number of aromatic amines is 1. The van der Waals surface area contributed by atoms with E-state index in [-0.39, 0.29) is 37.5 Å². The van der Waals surface area contributed by atoms with Gasteiger partial charge in [0.05, 0.1) is 18.7 Å². The van der Waals surface area contributed by atoms with E-state index in [4.69, 9.17) is 9.47 Å². The topological polar surface area (TPSA) is 71.6 Å². The number of halogens is 1. The molecule has 6 nitrogen and oxygen atoms in total. The van der Waals surface area contributed by atoms with Crippen LogP contribution in [-0.4, -0.2) is 35.0 Å². The molecule has 0 unspecified atom stereocenters. The van der Waals surface area contributed by atoms with Gasteiger partial charge >= 0.3 is 5.97 Å². The zero-order valence-electron chi connectivity index (χ0n) is 18.5. The van der Waals surface area contributed by atoms with Crippen LogP contribution >= 0.6 is 0 Å². The molecule has 0 atom stereocenters. The van der Waals surface area contributed by atoms with Crippen molar-refractivity contribution in [2.45, 2.75) is 33.9 Å². The van der Waals surface area contributed by atoms with Crippen molar-refractivity contribution >= 4 is 11.9 Å². The van der Waals surface area contributed by atoms with Crippen molar-refractivity contribution in [1.82, 2.24) is 9.88 Å². The van der Waals surface area contributed by atoms with Crippen LogP contribution in [0.5, 0.6) is 5.75 Å². The Hall–Kier alpha value is -3.61. The highest BCUT2D eigenvalue weighted by atomic mass is 19.1. The molecular formula is C25H27FN2O4. The number of carbonyl (C=O) groups excluding carboxylic acids is 2. The van der Waals surface area contributed by atoms with Gasteiger partial charge in [0.2, 0.25) is 0 Å². The van der Waals surface area contributed by atoms with Crippen molar-refractivity contribution in [3.05, 3.63) is 88.5 Å². The highest BCUT2D eigenvalue weighted by molar-refractivity contribution is 5.92. The van der Waals surface area contributed by atoms with Gasteiger partial charge in [-0.2, -0.15) is 0 Å². The van der Waals surface area contributed by atoms with Crippen molar-refractivity contribution in [2.75, 3.05) is 13.2 Å². The van der Waals surface area contributed by atoms with Crippen molar-refractivity contribution in [2.24, 2.45) is 0 Å². The maximum absolute atomic E-state index is 13.1. The lowest BCUT2D eigenvalue weighted by atomic mass is 10.1. The number of amides is 1. The Labute approximate surface area is 187 Å². The third-order valence-electron chi connectivity index (χ3n) is 5.11. The van der Waals surface area contributed by atoms with E-state index in [1.54, 1.807) is 11.8 Å². The molecule has 0 radical (unpaired) electrons. The summed E-state index contributed by atoms with van der Waals surface area (Å²) in [4.78, 5) is 30.3. The lowest BCUT2D eigenvalue weighted by Crippen LogP contribution is -2.34. The number of aryl methyl sites for hydroxylation is 1. The van der Waals surface area contributed by atoms with E-state index in [0.717, 1.165) is 16.8 Å². The molecule has 1 heterocycles. The molecule has 3 rings (SSSR count). The summed E-state index contributed by atoms with van der Waals surface area (Å²) in [6.07, 6.45) is 0. The van der Waals surface area contributed by atoms with Gasteiger partial charge in [0.25, 0.3) is 5.91 Å². The van der Waals surface area contributed by atoms with E-state index < -0.39 is 0 Å². The summed E-state index contributed by atoms with van der Waals surface area (Å²) in [6.45, 7) is 6.15. The largest absolute Gasteiger partial charge is 0.484 e. The van der Waals surface area contributed by atoms with Crippen molar-refractivity contribution < 1.29 is 23.5 Å². The molecule has 7 heteroatoms. The monoisotopic (exact) mass is 438 g/mol. The molecule has 0 aliphatic carbocycles. The summed E-state index contributed by atoms with van der Waals surface area (Å²) in [6, 6.07) is 15.1. The Morgan fingerprint density at radius 1 is 1.00 bits per heavy atom. The van der Waals surface area contributed by atoms with E-state index in [1.165, 1.54) is 24.3 Å². The van der Waals surface area contributed by atoms with E-state index >= 15 is 0 Å². The van der Waals surface area contributed by atoms with E-state index in [1.807, 2.05) is 44.2 Å². The second-order valence-corrected chi connectivity index (χ2v) is 7.43. The maximum Gasteiger partial charge on any atom is 0.340 e. The first-order valence-electron chi connectivity index (χ1n) is 10.4. The zero-order valence-corrected chi connectivity index (χ0v) is 18.5. The smallest absolute Gasteiger partial charge is 0.340 e. The Morgan fingerprint density at radius 2 is 1.69 bits per heavy atom. The second kappa shape index (κ2) is 10.6. The third kappa shape index (κ3) is 5.75. The number of ether oxygens (including phenoxy) is 2. The van der Waals surface area contributed by atoms with Gasteiger partial charge in [-0.05, 0) is 56.2 Å². The van der Waals surface area contributed by atoms with Gasteiger partial charge in [0.1, 0.15) is 11.6 Å². The van der Waals surface area contributed by atoms with E-state index in [2.05, 4.69) is 4.98 Å². The van der Waals surface area contributed by atoms with Crippen LogP contribution in [-0.2, 0) is 22.6 Å². The molecule has 2 aromatic carbocycles. The molecule has 1 N–H and O–H groups in total. The number of H-pyrrole nitrogens is 1. The molecule has 0 saturated carbocycles. The van der Waals surface area contributed by atoms with Crippen molar-refractivity contribution in [3.63, 3.8) is 0 Å². The summed E-state index contributed by atoms with van der Waals surface area (Å²) in [5, 5.41) is 0. The van der Waals surface area contributed by atoms with Gasteiger partial charge in [-0.25, -0.2) is 9.18 Å². The minimum atomic E-state index is -0.384. The Morgan fingerprint density at radius 3 is 2.34 bits per heavy atom. The molecule has 3 aromatic rings. The number of nitrogens with zero attached hydrogens (tertiary/aromatic N) is 1. The van der Waals surface area contributed by atoms with E-state index in [0.29, 0.717) is 23.6 Å². The van der Waals surface area contributed by atoms with Crippen LogP contribution in [0.4, 0.5) is 4.39 Å². The number of nitrogens with one attached hydrogen (secondary N) is 1. The average Bonchev–Trinajstić information content (AvgIpc) is 3.06. The first-order valence-corrected chi connectivity index (χ1v) is 10.4. The van der Waals surface area contributed by atoms with Crippen molar-refractivity contribution in [1.29, 1.82) is 0 Å². The molecule has 0 saturated heterocycles. The fraction of sp³-hybridized carbons (Fsp3) is 0.280. The molecule has 0 aliphatic rings. The molecule has 0 spiro atoms. The first kappa shape index (κ1) is 23.1. The minimum absolute atomic E-state index is 0.193. The Balaban J connectivity index is 1.80. The summed E-state index contributed by atoms with van der Waals surface area (Å²) in [5.41, 5.74) is 3.68. The van der Waals surface area contributed by atoms with Gasteiger partial charge in [-0.1, -0.05) is 30.3 Å². The molecular weight excluding hydrogens is 411 g/mol. The van der Waals surface area contributed by atoms with Crippen LogP contribution in [0.3, 0.4) is 0 Å². The standard InChI is InChI=1S/C25H27FN2O4/c1-4-31-25(30)24-17(2)22(27-18(24)3)15-28(14-19-8-6-5-7-9-19)23(29)16-32-21-12-10-20(26)11-13-21/h5-13,27H,4,14-16H2,1-3H3. The summed E-state index contributed by atoms with van der Waals surface area (Å²) >= 11 is 0. The number of esters is 1. The predicted molar refractivity (Wildman–Crippen MR) is 119 cm³/mol. The maximum atomic E-state index is 13.1. The normalized spacial score (nSPS) is 10.6. The lowest BCUT2D eigenvalue weighted by molar-refractivity contribution is -0.134. The lowest BCUT2D eigenvalue weighted by Gasteiger charge is -2.23. The number of aromatic nitrogens is 1. The van der Waals surface area contributed by atoms with Crippen LogP contribution in [0.25, 0.3) is 0 Å². The van der Waals surface area contributed by atoms with Gasteiger partial charge in [-0.15, -0.1) is 0 Å². The fourth-order valence-corrected chi connectivity index (χ4v) is 3.48. The summed E-state index contributed by atoms with van der Waals surface area (Å²) in [7, 11) is 0. The molecule has 0 aliphatic heterocycles. The average molecular weight is 438 g/mol. The molecule has 168 valence electrons. The van der Waals surface area contributed by atoms with Crippen LogP contribution in [0.2, 0.25) is 0 Å².